The summed E-state index contributed by atoms with van der Waals surface area (Å²) in [5.41, 5.74) is 5.28. The van der Waals surface area contributed by atoms with Crippen LogP contribution in [0.3, 0.4) is 0 Å². The van der Waals surface area contributed by atoms with E-state index in [4.69, 9.17) is 0 Å². The van der Waals surface area contributed by atoms with Crippen molar-refractivity contribution in [1.29, 1.82) is 0 Å². The van der Waals surface area contributed by atoms with Crippen LogP contribution in [0.4, 0.5) is 0 Å². The topological polar surface area (TPSA) is 45.4 Å². The summed E-state index contributed by atoms with van der Waals surface area (Å²) in [6.07, 6.45) is 0. The minimum absolute atomic E-state index is 0.00113. The molecule has 1 aliphatic rings. The average Bonchev–Trinajstić information content (AvgIpc) is 2.99. The Morgan fingerprint density at radius 2 is 1.84 bits per heavy atom. The molecule has 0 fully saturated rings. The quantitative estimate of drug-likeness (QED) is 0.905. The van der Waals surface area contributed by atoms with Gasteiger partial charge in [-0.3, -0.25) is 0 Å². The van der Waals surface area contributed by atoms with Gasteiger partial charge in [0.1, 0.15) is 5.37 Å². The number of fused-ring (bicyclic) bond motifs is 1. The van der Waals surface area contributed by atoms with Crippen LogP contribution in [-0.2, 0) is 19.0 Å². The van der Waals surface area contributed by atoms with Crippen molar-refractivity contribution in [2.24, 2.45) is 0 Å². The Hall–Kier alpha value is -1.23. The van der Waals surface area contributed by atoms with Crippen molar-refractivity contribution in [2.75, 3.05) is 0 Å². The summed E-state index contributed by atoms with van der Waals surface area (Å²) in [6.45, 7) is 2.02. The summed E-state index contributed by atoms with van der Waals surface area (Å²) in [5.74, 6) is 0.885. The molecule has 0 radical (unpaired) electrons. The normalized spacial score (nSPS) is 17.7. The predicted molar refractivity (Wildman–Crippen MR) is 76.9 cm³/mol. The molecule has 1 aliphatic heterocycles. The molecule has 2 N–H and O–H groups in total. The lowest BCUT2D eigenvalue weighted by molar-refractivity contribution is 0.260. The zero-order valence-electron chi connectivity index (χ0n) is 10.8. The molecule has 3 nitrogen and oxygen atoms in total. The number of aliphatic hydroxyl groups is 2. The fraction of sp³-hybridized carbons (Fsp3) is 0.333. The van der Waals surface area contributed by atoms with Crippen LogP contribution in [0.15, 0.2) is 30.3 Å². The molecule has 2 aromatic rings. The van der Waals surface area contributed by atoms with Crippen LogP contribution in [0.5, 0.6) is 0 Å². The smallest absolute Gasteiger partial charge is 0.105 e. The van der Waals surface area contributed by atoms with Crippen LogP contribution in [0, 0.1) is 6.92 Å². The Bertz CT molecular complexity index is 592. The number of thioether (sulfide) groups is 1. The van der Waals surface area contributed by atoms with Gasteiger partial charge in [0.05, 0.1) is 13.2 Å². The zero-order chi connectivity index (χ0) is 13.4. The molecule has 3 rings (SSSR count). The largest absolute Gasteiger partial charge is 0.392 e. The third-order valence-corrected chi connectivity index (χ3v) is 5.05. The van der Waals surface area contributed by atoms with Gasteiger partial charge in [0.15, 0.2) is 0 Å². The molecule has 0 amide bonds. The second kappa shape index (κ2) is 5.04. The van der Waals surface area contributed by atoms with Crippen molar-refractivity contribution in [3.8, 4) is 0 Å². The number of nitrogens with zero attached hydrogens (tertiary/aromatic N) is 1. The Kier molecular flexibility index (Phi) is 3.39. The molecule has 0 saturated heterocycles. The maximum Gasteiger partial charge on any atom is 0.105 e. The van der Waals surface area contributed by atoms with E-state index in [9.17, 15) is 10.2 Å². The van der Waals surface area contributed by atoms with E-state index in [2.05, 4.69) is 16.7 Å². The van der Waals surface area contributed by atoms with E-state index in [1.165, 1.54) is 5.56 Å². The first-order valence-electron chi connectivity index (χ1n) is 6.37. The Morgan fingerprint density at radius 3 is 2.47 bits per heavy atom. The summed E-state index contributed by atoms with van der Waals surface area (Å²) >= 11 is 1.86. The van der Waals surface area contributed by atoms with E-state index in [0.717, 1.165) is 28.3 Å². The van der Waals surface area contributed by atoms with Crippen LogP contribution >= 0.6 is 11.8 Å². The number of hydrogen-bond acceptors (Lipinski definition) is 3. The SMILES string of the molecule is Cc1c(CO)c(CO)c2n1[C@@H](c1ccccc1)SC2. The highest BCUT2D eigenvalue weighted by Crippen LogP contribution is 2.45. The van der Waals surface area contributed by atoms with Crippen molar-refractivity contribution in [2.45, 2.75) is 31.3 Å². The number of aromatic nitrogens is 1. The van der Waals surface area contributed by atoms with Gasteiger partial charge >= 0.3 is 0 Å². The van der Waals surface area contributed by atoms with Crippen LogP contribution in [0.1, 0.15) is 33.5 Å². The van der Waals surface area contributed by atoms with Gasteiger partial charge in [0.25, 0.3) is 0 Å². The Labute approximate surface area is 116 Å². The molecule has 100 valence electrons. The molecular formula is C15H17NO2S. The van der Waals surface area contributed by atoms with Crippen LogP contribution in [0.2, 0.25) is 0 Å². The maximum absolute atomic E-state index is 9.55. The number of aliphatic hydroxyl groups excluding tert-OH is 2. The highest BCUT2D eigenvalue weighted by atomic mass is 32.2. The van der Waals surface area contributed by atoms with Gasteiger partial charge in [-0.2, -0.15) is 0 Å². The molecular weight excluding hydrogens is 258 g/mol. The van der Waals surface area contributed by atoms with Crippen molar-refractivity contribution in [3.63, 3.8) is 0 Å². The number of hydrogen-bond donors (Lipinski definition) is 2. The summed E-state index contributed by atoms with van der Waals surface area (Å²) in [4.78, 5) is 0. The van der Waals surface area contributed by atoms with Gasteiger partial charge in [0, 0.05) is 28.3 Å². The highest BCUT2D eigenvalue weighted by Gasteiger charge is 2.30. The molecule has 0 aliphatic carbocycles. The van der Waals surface area contributed by atoms with Crippen molar-refractivity contribution < 1.29 is 10.2 Å². The minimum Gasteiger partial charge on any atom is -0.392 e. The van der Waals surface area contributed by atoms with E-state index >= 15 is 0 Å². The fourth-order valence-corrected chi connectivity index (χ4v) is 4.26. The Morgan fingerprint density at radius 1 is 1.16 bits per heavy atom. The maximum atomic E-state index is 9.55. The van der Waals surface area contributed by atoms with Gasteiger partial charge in [-0.05, 0) is 12.5 Å². The standard InChI is InChI=1S/C15H17NO2S/c1-10-12(7-17)13(8-18)14-9-19-15(16(10)14)11-5-3-2-4-6-11/h2-6,15,17-18H,7-9H2,1H3/t15-/m1/s1. The summed E-state index contributed by atoms with van der Waals surface area (Å²) in [6, 6.07) is 10.4. The van der Waals surface area contributed by atoms with Crippen molar-refractivity contribution >= 4 is 11.8 Å². The number of benzene rings is 1. The second-order valence-electron chi connectivity index (χ2n) is 4.75. The lowest BCUT2D eigenvalue weighted by atomic mass is 10.1. The second-order valence-corrected chi connectivity index (χ2v) is 5.82. The molecule has 0 spiro atoms. The van der Waals surface area contributed by atoms with E-state index in [0.29, 0.717) is 0 Å². The minimum atomic E-state index is -0.00605. The summed E-state index contributed by atoms with van der Waals surface area (Å²) in [7, 11) is 0. The third-order valence-electron chi connectivity index (χ3n) is 3.81. The van der Waals surface area contributed by atoms with Crippen molar-refractivity contribution in [1.82, 2.24) is 4.57 Å². The first kappa shape index (κ1) is 12.8. The van der Waals surface area contributed by atoms with Crippen LogP contribution in [0.25, 0.3) is 0 Å². The molecule has 1 atom stereocenters. The molecule has 1 aromatic heterocycles. The molecule has 0 unspecified atom stereocenters. The average molecular weight is 275 g/mol. The lowest BCUT2D eigenvalue weighted by Crippen LogP contribution is -2.05. The molecule has 4 heteroatoms. The van der Waals surface area contributed by atoms with Gasteiger partial charge < -0.3 is 14.8 Å². The highest BCUT2D eigenvalue weighted by molar-refractivity contribution is 7.99. The lowest BCUT2D eigenvalue weighted by Gasteiger charge is -2.15. The van der Waals surface area contributed by atoms with Crippen molar-refractivity contribution in [3.05, 3.63) is 58.4 Å². The van der Waals surface area contributed by atoms with Gasteiger partial charge in [-0.25, -0.2) is 0 Å². The van der Waals surface area contributed by atoms with Crippen LogP contribution < -0.4 is 0 Å². The molecule has 0 saturated carbocycles. The third kappa shape index (κ3) is 1.91. The number of rotatable bonds is 3. The molecule has 1 aromatic carbocycles. The van der Waals surface area contributed by atoms with E-state index < -0.39 is 0 Å². The summed E-state index contributed by atoms with van der Waals surface area (Å²) < 4.78 is 2.26. The van der Waals surface area contributed by atoms with Gasteiger partial charge in [-0.15, -0.1) is 11.8 Å². The van der Waals surface area contributed by atoms with E-state index in [-0.39, 0.29) is 18.6 Å². The first-order valence-corrected chi connectivity index (χ1v) is 7.42. The monoisotopic (exact) mass is 275 g/mol. The van der Waals surface area contributed by atoms with Crippen LogP contribution in [-0.4, -0.2) is 14.8 Å². The summed E-state index contributed by atoms with van der Waals surface area (Å²) in [5, 5.41) is 19.3. The first-order chi connectivity index (χ1) is 9.27. The van der Waals surface area contributed by atoms with Gasteiger partial charge in [0.2, 0.25) is 0 Å². The predicted octanol–water partition coefficient (Wildman–Crippen LogP) is 2.57. The molecule has 19 heavy (non-hydrogen) atoms. The Balaban J connectivity index is 2.13. The molecule has 2 heterocycles. The van der Waals surface area contributed by atoms with E-state index in [1.54, 1.807) is 0 Å². The zero-order valence-corrected chi connectivity index (χ0v) is 11.7. The fourth-order valence-electron chi connectivity index (χ4n) is 2.85. The van der Waals surface area contributed by atoms with Gasteiger partial charge in [-0.1, -0.05) is 30.3 Å². The van der Waals surface area contributed by atoms with E-state index in [1.807, 2.05) is 36.9 Å². The molecule has 0 bridgehead atoms.